The number of pyridine rings is 2. The van der Waals surface area contributed by atoms with Crippen molar-refractivity contribution in [2.45, 2.75) is 69.8 Å². The van der Waals surface area contributed by atoms with Crippen molar-refractivity contribution in [3.05, 3.63) is 41.6 Å². The molecule has 1 aliphatic carbocycles. The minimum absolute atomic E-state index is 0.0138. The van der Waals surface area contributed by atoms with Crippen molar-refractivity contribution in [2.75, 3.05) is 20.3 Å². The molecule has 10 nitrogen and oxygen atoms in total. The second kappa shape index (κ2) is 8.94. The van der Waals surface area contributed by atoms with E-state index in [4.69, 9.17) is 29.9 Å². The van der Waals surface area contributed by atoms with Crippen molar-refractivity contribution >= 4 is 22.6 Å². The highest BCUT2D eigenvalue weighted by Crippen LogP contribution is 2.40. The van der Waals surface area contributed by atoms with Gasteiger partial charge in [-0.2, -0.15) is 4.98 Å². The van der Waals surface area contributed by atoms with Gasteiger partial charge in [0, 0.05) is 47.8 Å². The van der Waals surface area contributed by atoms with Crippen LogP contribution in [0.4, 0.5) is 0 Å². The predicted molar refractivity (Wildman–Crippen MR) is 149 cm³/mol. The van der Waals surface area contributed by atoms with Crippen LogP contribution in [-0.4, -0.2) is 74.3 Å². The third-order valence-corrected chi connectivity index (χ3v) is 9.19. The standard InChI is InChI=1S/C30H34N6O4/c1-16-28(24-9-18-5-8-26(40-21-14-39-15-21)33-29(18)34(24)13-17-3-4-17)32-25-10-19(11-27(38-2)35(16)25)30(37)36-20-6-7-23(36)22(31)12-20/h5,8-11,17,20-23H,3-4,6-7,12-15,31H2,1-2H3/t20-,22+,23+/m0/s1. The number of imidazole rings is 1. The molecule has 7 heterocycles. The minimum Gasteiger partial charge on any atom is -0.482 e. The van der Waals surface area contributed by atoms with E-state index in [0.29, 0.717) is 42.1 Å². The maximum Gasteiger partial charge on any atom is 0.254 e. The Labute approximate surface area is 232 Å². The Hall–Kier alpha value is -3.63. The molecular formula is C30H34N6O4. The van der Waals surface area contributed by atoms with E-state index in [1.165, 1.54) is 12.8 Å². The van der Waals surface area contributed by atoms with E-state index in [1.807, 2.05) is 27.5 Å². The number of amides is 1. The summed E-state index contributed by atoms with van der Waals surface area (Å²) in [6.07, 6.45) is 5.39. The van der Waals surface area contributed by atoms with Crippen molar-refractivity contribution in [3.63, 3.8) is 0 Å². The molecule has 0 radical (unpaired) electrons. The molecule has 0 spiro atoms. The number of carbonyl (C=O) groups excluding carboxylic acids is 1. The van der Waals surface area contributed by atoms with Crippen LogP contribution >= 0.6 is 0 Å². The van der Waals surface area contributed by atoms with E-state index in [1.54, 1.807) is 7.11 Å². The Morgan fingerprint density at radius 3 is 2.65 bits per heavy atom. The Balaban J connectivity index is 1.22. The summed E-state index contributed by atoms with van der Waals surface area (Å²) in [5, 5.41) is 1.05. The first-order valence-electron chi connectivity index (χ1n) is 14.4. The maximum atomic E-state index is 13.7. The number of methoxy groups -OCH3 is 1. The molecular weight excluding hydrogens is 508 g/mol. The Kier molecular flexibility index (Phi) is 5.41. The highest BCUT2D eigenvalue weighted by molar-refractivity contribution is 5.96. The van der Waals surface area contributed by atoms with E-state index >= 15 is 0 Å². The topological polar surface area (TPSA) is 109 Å². The number of fused-ring (bicyclic) bond motifs is 4. The van der Waals surface area contributed by atoms with E-state index in [9.17, 15) is 4.79 Å². The molecule has 4 aromatic heterocycles. The fraction of sp³-hybridized carbons (Fsp3) is 0.500. The molecule has 4 aliphatic rings. The third-order valence-electron chi connectivity index (χ3n) is 9.19. The molecule has 4 fully saturated rings. The van der Waals surface area contributed by atoms with Gasteiger partial charge in [0.2, 0.25) is 5.88 Å². The molecule has 4 aromatic rings. The lowest BCUT2D eigenvalue weighted by Gasteiger charge is -2.26. The molecule has 3 saturated heterocycles. The number of nitrogens with zero attached hydrogens (tertiary/aromatic N) is 5. The van der Waals surface area contributed by atoms with Gasteiger partial charge in [-0.1, -0.05) is 0 Å². The van der Waals surface area contributed by atoms with Crippen LogP contribution in [0.25, 0.3) is 28.1 Å². The summed E-state index contributed by atoms with van der Waals surface area (Å²) < 4.78 is 21.4. The monoisotopic (exact) mass is 542 g/mol. The normalized spacial score (nSPS) is 24.3. The summed E-state index contributed by atoms with van der Waals surface area (Å²) in [5.41, 5.74) is 11.3. The first-order chi connectivity index (χ1) is 19.5. The Morgan fingerprint density at radius 2 is 1.98 bits per heavy atom. The smallest absolute Gasteiger partial charge is 0.254 e. The van der Waals surface area contributed by atoms with Gasteiger partial charge < -0.3 is 29.4 Å². The van der Waals surface area contributed by atoms with Crippen molar-refractivity contribution in [3.8, 4) is 23.1 Å². The van der Waals surface area contributed by atoms with Gasteiger partial charge in [0.1, 0.15) is 23.1 Å². The van der Waals surface area contributed by atoms with Crippen LogP contribution in [0.1, 0.15) is 48.2 Å². The van der Waals surface area contributed by atoms with Crippen LogP contribution in [0, 0.1) is 12.8 Å². The molecule has 1 amide bonds. The highest BCUT2D eigenvalue weighted by Gasteiger charge is 2.47. The van der Waals surface area contributed by atoms with Gasteiger partial charge in [-0.25, -0.2) is 4.98 Å². The lowest BCUT2D eigenvalue weighted by atomic mass is 9.97. The summed E-state index contributed by atoms with van der Waals surface area (Å²) in [6.45, 7) is 4.14. The average molecular weight is 543 g/mol. The molecule has 1 saturated carbocycles. The second-order valence-electron chi connectivity index (χ2n) is 11.9. The molecule has 0 aromatic carbocycles. The number of hydrogen-bond acceptors (Lipinski definition) is 7. The molecule has 3 aliphatic heterocycles. The van der Waals surface area contributed by atoms with Gasteiger partial charge >= 0.3 is 0 Å². The maximum absolute atomic E-state index is 13.7. The summed E-state index contributed by atoms with van der Waals surface area (Å²) in [6, 6.07) is 10.3. The van der Waals surface area contributed by atoms with Gasteiger partial charge in [-0.3, -0.25) is 9.20 Å². The van der Waals surface area contributed by atoms with Gasteiger partial charge in [0.25, 0.3) is 5.91 Å². The molecule has 3 atom stereocenters. The summed E-state index contributed by atoms with van der Waals surface area (Å²) in [7, 11) is 1.64. The molecule has 10 heteroatoms. The number of carbonyl (C=O) groups is 1. The van der Waals surface area contributed by atoms with Crippen molar-refractivity contribution < 1.29 is 19.0 Å². The van der Waals surface area contributed by atoms with E-state index < -0.39 is 0 Å². The van der Waals surface area contributed by atoms with Crippen LogP contribution in [0.2, 0.25) is 0 Å². The van der Waals surface area contributed by atoms with E-state index in [0.717, 1.165) is 53.9 Å². The van der Waals surface area contributed by atoms with Crippen molar-refractivity contribution in [1.82, 2.24) is 23.8 Å². The fourth-order valence-electron chi connectivity index (χ4n) is 6.86. The quantitative estimate of drug-likeness (QED) is 0.380. The first-order valence-corrected chi connectivity index (χ1v) is 14.4. The number of aryl methyl sites for hydroxylation is 1. The zero-order valence-corrected chi connectivity index (χ0v) is 22.9. The Bertz CT molecular complexity index is 1650. The lowest BCUT2D eigenvalue weighted by molar-refractivity contribution is -0.0812. The second-order valence-corrected chi connectivity index (χ2v) is 11.9. The highest BCUT2D eigenvalue weighted by atomic mass is 16.6. The molecule has 8 rings (SSSR count). The molecule has 0 unspecified atom stereocenters. The first kappa shape index (κ1) is 24.2. The fourth-order valence-corrected chi connectivity index (χ4v) is 6.86. The van der Waals surface area contributed by atoms with Crippen molar-refractivity contribution in [1.29, 1.82) is 0 Å². The van der Waals surface area contributed by atoms with Gasteiger partial charge in [-0.05, 0) is 63.1 Å². The van der Waals surface area contributed by atoms with Crippen LogP contribution in [-0.2, 0) is 11.3 Å². The predicted octanol–water partition coefficient (Wildman–Crippen LogP) is 3.56. The van der Waals surface area contributed by atoms with E-state index in [2.05, 4.69) is 23.6 Å². The van der Waals surface area contributed by atoms with Gasteiger partial charge in [0.05, 0.1) is 31.7 Å². The molecule has 40 heavy (non-hydrogen) atoms. The third kappa shape index (κ3) is 3.72. The van der Waals surface area contributed by atoms with Crippen LogP contribution in [0.3, 0.4) is 0 Å². The van der Waals surface area contributed by atoms with Crippen LogP contribution in [0.15, 0.2) is 30.3 Å². The zero-order valence-electron chi connectivity index (χ0n) is 22.9. The SMILES string of the molecule is COc1cc(C(=O)N2[C@H]3CC[C@@H]2[C@H](N)C3)cc2nc(-c3cc4ccc(OC5COC5)nc4n3CC3CC3)c(C)n12. The molecule has 2 bridgehead atoms. The number of nitrogens with two attached hydrogens (primary N) is 1. The molecule has 208 valence electrons. The summed E-state index contributed by atoms with van der Waals surface area (Å²) in [5.74, 6) is 1.86. The summed E-state index contributed by atoms with van der Waals surface area (Å²) in [4.78, 5) is 25.7. The lowest BCUT2D eigenvalue weighted by Crippen LogP contribution is -2.40. The number of rotatable bonds is 7. The average Bonchev–Trinajstić information content (AvgIpc) is 3.26. The summed E-state index contributed by atoms with van der Waals surface area (Å²) >= 11 is 0. The Morgan fingerprint density at radius 1 is 1.12 bits per heavy atom. The van der Waals surface area contributed by atoms with Crippen molar-refractivity contribution in [2.24, 2.45) is 11.7 Å². The molecule has 2 N–H and O–H groups in total. The number of hydrogen-bond donors (Lipinski definition) is 1. The number of ether oxygens (including phenoxy) is 3. The van der Waals surface area contributed by atoms with Gasteiger partial charge in [-0.15, -0.1) is 0 Å². The van der Waals surface area contributed by atoms with E-state index in [-0.39, 0.29) is 30.1 Å². The van der Waals surface area contributed by atoms with Crippen LogP contribution < -0.4 is 15.2 Å². The minimum atomic E-state index is 0.0138. The zero-order chi connectivity index (χ0) is 27.1. The number of aromatic nitrogens is 4. The van der Waals surface area contributed by atoms with Gasteiger partial charge in [0.15, 0.2) is 5.88 Å². The van der Waals surface area contributed by atoms with Crippen LogP contribution in [0.5, 0.6) is 11.8 Å². The largest absolute Gasteiger partial charge is 0.482 e.